The molecule has 3 heterocycles. The molecule has 1 fully saturated rings. The summed E-state index contributed by atoms with van der Waals surface area (Å²) in [6.07, 6.45) is -1.14. The number of halogens is 3. The number of piperidine rings is 1. The van der Waals surface area contributed by atoms with Crippen molar-refractivity contribution in [3.8, 4) is 0 Å². The Balaban J connectivity index is 1.55. The van der Waals surface area contributed by atoms with Crippen LogP contribution in [0.25, 0.3) is 0 Å². The average Bonchev–Trinajstić information content (AvgIpc) is 2.97. The number of sulfonamides is 1. The lowest BCUT2D eigenvalue weighted by molar-refractivity contribution is -0.138. The Morgan fingerprint density at radius 3 is 2.44 bits per heavy atom. The van der Waals surface area contributed by atoms with Crippen molar-refractivity contribution in [1.29, 1.82) is 0 Å². The number of carbonyl (C=O) groups is 1. The molecule has 1 aromatic carbocycles. The van der Waals surface area contributed by atoms with E-state index in [9.17, 15) is 26.4 Å². The van der Waals surface area contributed by atoms with Gasteiger partial charge in [-0.2, -0.15) is 22.6 Å². The van der Waals surface area contributed by atoms with Gasteiger partial charge in [0.2, 0.25) is 10.0 Å². The molecule has 0 spiro atoms. The number of hydrogen-bond acceptors (Lipinski definition) is 4. The summed E-state index contributed by atoms with van der Waals surface area (Å²) in [7, 11) is -3.43. The van der Waals surface area contributed by atoms with Gasteiger partial charge < -0.3 is 4.90 Å². The third-order valence-corrected chi connectivity index (χ3v) is 8.03. The molecule has 0 radical (unpaired) electrons. The van der Waals surface area contributed by atoms with Crippen LogP contribution in [0.4, 0.5) is 13.2 Å². The number of aromatic nitrogens is 2. The fraction of sp³-hybridized carbons (Fsp3) is 0.565. The first-order valence-electron chi connectivity index (χ1n) is 11.5. The number of fused-ring (bicyclic) bond motifs is 1. The molecule has 0 bridgehead atoms. The molecule has 0 N–H and O–H groups in total. The standard InChI is InChI=1S/C23H29F3N4O3S/c1-3-30-20-9-6-12-29(34(2,32)33)15-18(20)21(27-30)22(31)28-13-10-16(11-14-28)17-7-4-5-8-19(17)23(24,25)26/h4-5,7-8,16H,3,6,9-15H2,1-2H3. The Hall–Kier alpha value is -2.40. The van der Waals surface area contributed by atoms with Crippen LogP contribution < -0.4 is 0 Å². The summed E-state index contributed by atoms with van der Waals surface area (Å²) in [6.45, 7) is 3.60. The summed E-state index contributed by atoms with van der Waals surface area (Å²) in [5.41, 5.74) is 1.43. The number of carbonyl (C=O) groups excluding carboxylic acids is 1. The molecule has 7 nitrogen and oxygen atoms in total. The minimum absolute atomic E-state index is 0.102. The number of aryl methyl sites for hydroxylation is 1. The fourth-order valence-corrected chi connectivity index (χ4v) is 5.85. The van der Waals surface area contributed by atoms with Gasteiger partial charge >= 0.3 is 6.18 Å². The normalized spacial score (nSPS) is 18.6. The van der Waals surface area contributed by atoms with Crippen molar-refractivity contribution >= 4 is 15.9 Å². The summed E-state index contributed by atoms with van der Waals surface area (Å²) < 4.78 is 67.9. The Bertz CT molecular complexity index is 1170. The zero-order chi connectivity index (χ0) is 24.7. The molecule has 1 amide bonds. The topological polar surface area (TPSA) is 75.5 Å². The smallest absolute Gasteiger partial charge is 0.337 e. The van der Waals surface area contributed by atoms with Gasteiger partial charge in [0.05, 0.1) is 11.8 Å². The predicted octanol–water partition coefficient (Wildman–Crippen LogP) is 3.65. The van der Waals surface area contributed by atoms with Crippen LogP contribution >= 0.6 is 0 Å². The highest BCUT2D eigenvalue weighted by atomic mass is 32.2. The summed E-state index contributed by atoms with van der Waals surface area (Å²) in [6, 6.07) is 5.63. The van der Waals surface area contributed by atoms with E-state index in [0.717, 1.165) is 18.0 Å². The van der Waals surface area contributed by atoms with E-state index in [2.05, 4.69) is 5.10 Å². The molecule has 1 aromatic heterocycles. The number of hydrogen-bond donors (Lipinski definition) is 0. The minimum Gasteiger partial charge on any atom is -0.337 e. The van der Waals surface area contributed by atoms with Gasteiger partial charge in [0.25, 0.3) is 5.91 Å². The molecule has 0 atom stereocenters. The molecule has 2 aromatic rings. The second-order valence-corrected chi connectivity index (χ2v) is 10.9. The third-order valence-electron chi connectivity index (χ3n) is 6.78. The van der Waals surface area contributed by atoms with Crippen molar-refractivity contribution in [3.05, 3.63) is 52.3 Å². The SMILES string of the molecule is CCn1nc(C(=O)N2CCC(c3ccccc3C(F)(F)F)CC2)c2c1CCCN(S(C)(=O)=O)C2. The van der Waals surface area contributed by atoms with Crippen LogP contribution in [0.3, 0.4) is 0 Å². The number of alkyl halides is 3. The van der Waals surface area contributed by atoms with Gasteiger partial charge in [-0.3, -0.25) is 9.48 Å². The summed E-state index contributed by atoms with van der Waals surface area (Å²) in [4.78, 5) is 15.1. The van der Waals surface area contributed by atoms with Crippen LogP contribution in [0.5, 0.6) is 0 Å². The van der Waals surface area contributed by atoms with Crippen LogP contribution in [0.15, 0.2) is 24.3 Å². The molecule has 11 heteroatoms. The van der Waals surface area contributed by atoms with E-state index in [-0.39, 0.29) is 29.6 Å². The van der Waals surface area contributed by atoms with Crippen molar-refractivity contribution in [2.75, 3.05) is 25.9 Å². The zero-order valence-electron chi connectivity index (χ0n) is 19.3. The van der Waals surface area contributed by atoms with E-state index in [4.69, 9.17) is 0 Å². The lowest BCUT2D eigenvalue weighted by atomic mass is 9.86. The predicted molar refractivity (Wildman–Crippen MR) is 121 cm³/mol. The molecule has 1 saturated heterocycles. The highest BCUT2D eigenvalue weighted by Crippen LogP contribution is 2.39. The first kappa shape index (κ1) is 24.7. The molecular formula is C23H29F3N4O3S. The fourth-order valence-electron chi connectivity index (χ4n) is 5.03. The van der Waals surface area contributed by atoms with E-state index < -0.39 is 21.8 Å². The van der Waals surface area contributed by atoms with E-state index in [1.807, 2.05) is 6.92 Å². The molecule has 0 unspecified atom stereocenters. The van der Waals surface area contributed by atoms with Gasteiger partial charge in [-0.15, -0.1) is 0 Å². The van der Waals surface area contributed by atoms with Gasteiger partial charge in [0.1, 0.15) is 0 Å². The van der Waals surface area contributed by atoms with E-state index in [0.29, 0.717) is 57.4 Å². The number of likely N-dealkylation sites (tertiary alicyclic amines) is 1. The van der Waals surface area contributed by atoms with E-state index in [1.165, 1.54) is 16.4 Å². The minimum atomic E-state index is -4.42. The molecule has 0 saturated carbocycles. The van der Waals surface area contributed by atoms with Crippen molar-refractivity contribution < 1.29 is 26.4 Å². The van der Waals surface area contributed by atoms with Gasteiger partial charge in [-0.1, -0.05) is 18.2 Å². The third kappa shape index (κ3) is 4.86. The van der Waals surface area contributed by atoms with Gasteiger partial charge in [0.15, 0.2) is 5.69 Å². The summed E-state index contributed by atoms with van der Waals surface area (Å²) in [5, 5.41) is 4.52. The van der Waals surface area contributed by atoms with Crippen LogP contribution in [0, 0.1) is 0 Å². The highest BCUT2D eigenvalue weighted by molar-refractivity contribution is 7.88. The summed E-state index contributed by atoms with van der Waals surface area (Å²) >= 11 is 0. The van der Waals surface area contributed by atoms with Crippen molar-refractivity contribution in [1.82, 2.24) is 19.0 Å². The Morgan fingerprint density at radius 2 is 1.82 bits per heavy atom. The second-order valence-electron chi connectivity index (χ2n) is 8.94. The Morgan fingerprint density at radius 1 is 1.15 bits per heavy atom. The molecule has 2 aliphatic heterocycles. The second kappa shape index (κ2) is 9.33. The van der Waals surface area contributed by atoms with E-state index >= 15 is 0 Å². The Kier molecular flexibility index (Phi) is 6.78. The number of benzene rings is 1. The average molecular weight is 499 g/mol. The Labute approximate surface area is 197 Å². The quantitative estimate of drug-likeness (QED) is 0.645. The van der Waals surface area contributed by atoms with Gasteiger partial charge in [-0.05, 0) is 50.2 Å². The first-order valence-corrected chi connectivity index (χ1v) is 13.3. The maximum atomic E-state index is 13.5. The molecular weight excluding hydrogens is 469 g/mol. The van der Waals surface area contributed by atoms with Crippen molar-refractivity contribution in [2.24, 2.45) is 0 Å². The van der Waals surface area contributed by atoms with Crippen LogP contribution in [0.1, 0.15) is 65.0 Å². The lowest BCUT2D eigenvalue weighted by Gasteiger charge is -2.33. The van der Waals surface area contributed by atoms with Gasteiger partial charge in [0, 0.05) is 44.0 Å². The van der Waals surface area contributed by atoms with Crippen LogP contribution in [-0.4, -0.2) is 59.2 Å². The van der Waals surface area contributed by atoms with Crippen molar-refractivity contribution in [2.45, 2.75) is 57.8 Å². The van der Waals surface area contributed by atoms with Gasteiger partial charge in [-0.25, -0.2) is 8.42 Å². The monoisotopic (exact) mass is 498 g/mol. The maximum absolute atomic E-state index is 13.5. The van der Waals surface area contributed by atoms with E-state index in [1.54, 1.807) is 15.6 Å². The molecule has 2 aliphatic rings. The molecule has 0 aliphatic carbocycles. The lowest BCUT2D eigenvalue weighted by Crippen LogP contribution is -2.39. The number of amides is 1. The first-order chi connectivity index (χ1) is 16.0. The van der Waals surface area contributed by atoms with Crippen LogP contribution in [-0.2, 0) is 35.7 Å². The van der Waals surface area contributed by atoms with Crippen LogP contribution in [0.2, 0.25) is 0 Å². The zero-order valence-corrected chi connectivity index (χ0v) is 20.1. The molecule has 186 valence electrons. The summed E-state index contributed by atoms with van der Waals surface area (Å²) in [5.74, 6) is -0.575. The van der Waals surface area contributed by atoms with Crippen molar-refractivity contribution in [3.63, 3.8) is 0 Å². The highest BCUT2D eigenvalue weighted by Gasteiger charge is 2.37. The number of rotatable bonds is 4. The number of nitrogens with zero attached hydrogens (tertiary/aromatic N) is 4. The maximum Gasteiger partial charge on any atom is 0.416 e. The largest absolute Gasteiger partial charge is 0.416 e. The molecule has 34 heavy (non-hydrogen) atoms. The molecule has 4 rings (SSSR count).